The molecule has 0 aromatic carbocycles. The molecule has 3 N–H and O–H groups in total. The van der Waals surface area contributed by atoms with Crippen molar-refractivity contribution in [1.82, 2.24) is 10.6 Å². The van der Waals surface area contributed by atoms with Crippen LogP contribution in [0.15, 0.2) is 0 Å². The lowest BCUT2D eigenvalue weighted by Gasteiger charge is -2.14. The van der Waals surface area contributed by atoms with Crippen LogP contribution in [0, 0.1) is 0 Å². The monoisotopic (exact) mass is 310 g/mol. The molecule has 0 saturated heterocycles. The summed E-state index contributed by atoms with van der Waals surface area (Å²) < 4.78 is 26.0. The van der Waals surface area contributed by atoms with Gasteiger partial charge in [-0.3, -0.25) is 4.79 Å². The van der Waals surface area contributed by atoms with Gasteiger partial charge in [-0.2, -0.15) is 0 Å². The highest BCUT2D eigenvalue weighted by molar-refractivity contribution is 7.90. The molecule has 0 aliphatic heterocycles. The number of esters is 1. The standard InChI is InChI=1S/C10H18N2O7S/c1-19-8(13)4-3-7(9(14)15)12-10(16)11-5-6-20(2,17)18/h7H,3-6H2,1-2H3,(H,14,15)(H2,11,12,16)/t7-/m1/s1. The SMILES string of the molecule is COC(=O)CC[C@@H](NC(=O)NCCS(C)(=O)=O)C(=O)O. The Hall–Kier alpha value is -1.84. The van der Waals surface area contributed by atoms with Gasteiger partial charge in [-0.15, -0.1) is 0 Å². The number of ether oxygens (including phenoxy) is 1. The zero-order valence-corrected chi connectivity index (χ0v) is 12.0. The van der Waals surface area contributed by atoms with Crippen molar-refractivity contribution in [2.75, 3.05) is 25.7 Å². The average Bonchev–Trinajstić information content (AvgIpc) is 2.31. The van der Waals surface area contributed by atoms with Crippen molar-refractivity contribution in [3.05, 3.63) is 0 Å². The average molecular weight is 310 g/mol. The fourth-order valence-corrected chi connectivity index (χ4v) is 1.65. The van der Waals surface area contributed by atoms with Crippen molar-refractivity contribution in [3.63, 3.8) is 0 Å². The van der Waals surface area contributed by atoms with E-state index in [1.807, 2.05) is 0 Å². The van der Waals surface area contributed by atoms with Gasteiger partial charge in [0, 0.05) is 19.2 Å². The first-order chi connectivity index (χ1) is 9.15. The molecule has 0 aromatic rings. The fraction of sp³-hybridized carbons (Fsp3) is 0.700. The zero-order valence-electron chi connectivity index (χ0n) is 11.2. The summed E-state index contributed by atoms with van der Waals surface area (Å²) in [6, 6.07) is -2.07. The summed E-state index contributed by atoms with van der Waals surface area (Å²) in [6.07, 6.45) is 0.738. The topological polar surface area (TPSA) is 139 Å². The maximum Gasteiger partial charge on any atom is 0.326 e. The summed E-state index contributed by atoms with van der Waals surface area (Å²) in [7, 11) is -2.04. The van der Waals surface area contributed by atoms with Crippen LogP contribution in [0.4, 0.5) is 4.79 Å². The lowest BCUT2D eigenvalue weighted by molar-refractivity contribution is -0.142. The van der Waals surface area contributed by atoms with Crippen molar-refractivity contribution in [3.8, 4) is 0 Å². The number of nitrogens with one attached hydrogen (secondary N) is 2. The third-order valence-corrected chi connectivity index (χ3v) is 3.17. The van der Waals surface area contributed by atoms with Crippen LogP contribution in [-0.4, -0.2) is 63.2 Å². The lowest BCUT2D eigenvalue weighted by atomic mass is 10.1. The second-order valence-corrected chi connectivity index (χ2v) is 6.30. The third kappa shape index (κ3) is 9.14. The summed E-state index contributed by atoms with van der Waals surface area (Å²) in [6.45, 7) is -0.131. The number of amides is 2. The number of carbonyl (C=O) groups excluding carboxylic acids is 2. The molecular formula is C10H18N2O7S. The number of hydrogen-bond donors (Lipinski definition) is 3. The maximum atomic E-state index is 11.4. The molecule has 0 rings (SSSR count). The van der Waals surface area contributed by atoms with Gasteiger partial charge in [0.1, 0.15) is 15.9 Å². The van der Waals surface area contributed by atoms with E-state index in [9.17, 15) is 22.8 Å². The number of sulfone groups is 1. The van der Waals surface area contributed by atoms with E-state index in [1.54, 1.807) is 0 Å². The van der Waals surface area contributed by atoms with Gasteiger partial charge in [0.2, 0.25) is 0 Å². The minimum atomic E-state index is -3.21. The molecule has 0 spiro atoms. The Morgan fingerprint density at radius 1 is 1.30 bits per heavy atom. The second kappa shape index (κ2) is 8.35. The number of rotatable bonds is 8. The Bertz CT molecular complexity index is 460. The first-order valence-corrected chi connectivity index (χ1v) is 7.73. The molecule has 0 unspecified atom stereocenters. The van der Waals surface area contributed by atoms with Crippen molar-refractivity contribution >= 4 is 27.8 Å². The van der Waals surface area contributed by atoms with Gasteiger partial charge in [0.05, 0.1) is 12.9 Å². The molecule has 0 radical (unpaired) electrons. The van der Waals surface area contributed by atoms with Gasteiger partial charge in [-0.05, 0) is 6.42 Å². The molecule has 9 nitrogen and oxygen atoms in total. The van der Waals surface area contributed by atoms with Crippen LogP contribution in [0.2, 0.25) is 0 Å². The van der Waals surface area contributed by atoms with Gasteiger partial charge in [0.25, 0.3) is 0 Å². The first-order valence-electron chi connectivity index (χ1n) is 5.67. The highest BCUT2D eigenvalue weighted by Crippen LogP contribution is 1.99. The molecule has 20 heavy (non-hydrogen) atoms. The highest BCUT2D eigenvalue weighted by Gasteiger charge is 2.21. The van der Waals surface area contributed by atoms with E-state index in [-0.39, 0.29) is 25.1 Å². The van der Waals surface area contributed by atoms with Crippen LogP contribution in [-0.2, 0) is 24.2 Å². The number of carboxylic acids is 1. The number of aliphatic carboxylic acids is 1. The van der Waals surface area contributed by atoms with Crippen molar-refractivity contribution in [2.24, 2.45) is 0 Å². The second-order valence-electron chi connectivity index (χ2n) is 4.04. The summed E-state index contributed by atoms with van der Waals surface area (Å²) in [5.41, 5.74) is 0. The van der Waals surface area contributed by atoms with E-state index in [0.29, 0.717) is 0 Å². The number of carbonyl (C=O) groups is 3. The van der Waals surface area contributed by atoms with Gasteiger partial charge < -0.3 is 20.5 Å². The predicted molar refractivity (Wildman–Crippen MR) is 68.9 cm³/mol. The summed E-state index contributed by atoms with van der Waals surface area (Å²) in [4.78, 5) is 33.1. The summed E-state index contributed by atoms with van der Waals surface area (Å²) >= 11 is 0. The van der Waals surface area contributed by atoms with Crippen LogP contribution >= 0.6 is 0 Å². The van der Waals surface area contributed by atoms with E-state index >= 15 is 0 Å². The van der Waals surface area contributed by atoms with Crippen molar-refractivity contribution in [1.29, 1.82) is 0 Å². The normalized spacial score (nSPS) is 12.3. The van der Waals surface area contributed by atoms with E-state index < -0.39 is 33.8 Å². The van der Waals surface area contributed by atoms with Crippen LogP contribution in [0.3, 0.4) is 0 Å². The number of methoxy groups -OCH3 is 1. The number of hydrogen-bond acceptors (Lipinski definition) is 6. The molecule has 0 heterocycles. The largest absolute Gasteiger partial charge is 0.480 e. The summed E-state index contributed by atoms with van der Waals surface area (Å²) in [5.74, 6) is -2.14. The molecule has 0 bridgehead atoms. The molecule has 0 aromatic heterocycles. The van der Waals surface area contributed by atoms with Gasteiger partial charge in [-0.25, -0.2) is 18.0 Å². The Morgan fingerprint density at radius 3 is 2.35 bits per heavy atom. The van der Waals surface area contributed by atoms with E-state index in [0.717, 1.165) is 6.26 Å². The minimum Gasteiger partial charge on any atom is -0.480 e. The molecule has 0 aliphatic rings. The quantitative estimate of drug-likeness (QED) is 0.475. The molecule has 0 saturated carbocycles. The van der Waals surface area contributed by atoms with Gasteiger partial charge in [-0.1, -0.05) is 0 Å². The zero-order chi connectivity index (χ0) is 15.8. The van der Waals surface area contributed by atoms with E-state index in [2.05, 4.69) is 15.4 Å². The highest BCUT2D eigenvalue weighted by atomic mass is 32.2. The minimum absolute atomic E-state index is 0.124. The third-order valence-electron chi connectivity index (χ3n) is 2.23. The number of carboxylic acid groups (broad SMARTS) is 1. The van der Waals surface area contributed by atoms with Crippen LogP contribution in [0.1, 0.15) is 12.8 Å². The lowest BCUT2D eigenvalue weighted by Crippen LogP contribution is -2.47. The van der Waals surface area contributed by atoms with Crippen molar-refractivity contribution in [2.45, 2.75) is 18.9 Å². The molecule has 116 valence electrons. The van der Waals surface area contributed by atoms with E-state index in [1.165, 1.54) is 7.11 Å². The maximum absolute atomic E-state index is 11.4. The van der Waals surface area contributed by atoms with Crippen LogP contribution < -0.4 is 10.6 Å². The smallest absolute Gasteiger partial charge is 0.326 e. The Labute approximate surface area is 116 Å². The van der Waals surface area contributed by atoms with E-state index in [4.69, 9.17) is 5.11 Å². The Kier molecular flexibility index (Phi) is 7.59. The van der Waals surface area contributed by atoms with Gasteiger partial charge >= 0.3 is 18.0 Å². The van der Waals surface area contributed by atoms with Gasteiger partial charge in [0.15, 0.2) is 0 Å². The van der Waals surface area contributed by atoms with Crippen LogP contribution in [0.5, 0.6) is 0 Å². The van der Waals surface area contributed by atoms with Crippen LogP contribution in [0.25, 0.3) is 0 Å². The Balaban J connectivity index is 4.21. The van der Waals surface area contributed by atoms with Crippen molar-refractivity contribution < 1.29 is 32.6 Å². The molecule has 0 aliphatic carbocycles. The predicted octanol–water partition coefficient (Wildman–Crippen LogP) is -1.26. The fourth-order valence-electron chi connectivity index (χ4n) is 1.18. The molecular weight excluding hydrogens is 292 g/mol. The molecule has 0 fully saturated rings. The first kappa shape index (κ1) is 18.2. The molecule has 1 atom stereocenters. The summed E-state index contributed by atoms with van der Waals surface area (Å²) in [5, 5.41) is 13.2. The Morgan fingerprint density at radius 2 is 1.90 bits per heavy atom. The molecule has 10 heteroatoms. The number of urea groups is 1. The molecule has 2 amide bonds.